The van der Waals surface area contributed by atoms with E-state index in [2.05, 4.69) is 36.5 Å². The van der Waals surface area contributed by atoms with Gasteiger partial charge in [0.05, 0.1) is 12.9 Å². The van der Waals surface area contributed by atoms with Crippen molar-refractivity contribution in [2.75, 3.05) is 13.2 Å². The Morgan fingerprint density at radius 3 is 3.00 bits per heavy atom. The van der Waals surface area contributed by atoms with Crippen LogP contribution in [0.25, 0.3) is 0 Å². The Morgan fingerprint density at radius 1 is 1.39 bits per heavy atom. The smallest absolute Gasteiger partial charge is 0.0876 e. The van der Waals surface area contributed by atoms with Crippen LogP contribution < -0.4 is 5.32 Å². The fourth-order valence-corrected chi connectivity index (χ4v) is 3.16. The second-order valence-electron chi connectivity index (χ2n) is 5.21. The van der Waals surface area contributed by atoms with Crippen molar-refractivity contribution in [1.29, 1.82) is 0 Å². The Balaban J connectivity index is 1.81. The summed E-state index contributed by atoms with van der Waals surface area (Å²) in [5.74, 6) is 0.633. The molecule has 1 aromatic rings. The van der Waals surface area contributed by atoms with E-state index < -0.39 is 0 Å². The van der Waals surface area contributed by atoms with Crippen LogP contribution in [0.4, 0.5) is 0 Å². The van der Waals surface area contributed by atoms with Crippen molar-refractivity contribution in [2.45, 2.75) is 38.1 Å². The van der Waals surface area contributed by atoms with Crippen LogP contribution in [0, 0.1) is 0 Å². The van der Waals surface area contributed by atoms with Crippen LogP contribution in [-0.2, 0) is 11.2 Å². The number of fused-ring (bicyclic) bond motifs is 1. The molecule has 2 heteroatoms. The molecule has 0 saturated carbocycles. The van der Waals surface area contributed by atoms with Crippen LogP contribution >= 0.6 is 0 Å². The lowest BCUT2D eigenvalue weighted by Crippen LogP contribution is -2.42. The van der Waals surface area contributed by atoms with E-state index in [1.165, 1.54) is 29.5 Å². The van der Waals surface area contributed by atoms with Gasteiger partial charge in [-0.05, 0) is 42.5 Å². The van der Waals surface area contributed by atoms with Crippen molar-refractivity contribution in [3.05, 3.63) is 47.2 Å². The minimum atomic E-state index is 0.463. The molecule has 0 radical (unpaired) electrons. The lowest BCUT2D eigenvalue weighted by Gasteiger charge is -2.38. The molecule has 0 bridgehead atoms. The zero-order valence-corrected chi connectivity index (χ0v) is 11.0. The number of rotatable bonds is 4. The van der Waals surface area contributed by atoms with E-state index >= 15 is 0 Å². The molecule has 3 rings (SSSR count). The van der Waals surface area contributed by atoms with Crippen molar-refractivity contribution in [1.82, 2.24) is 5.32 Å². The Hall–Kier alpha value is -1.28. The standard InChI is InChI=1S/C16H21NO/c1-2-17-16(13-7-5-9-18-11-13)15-10-12-6-3-4-8-14(12)15/h3-4,6,8,11,15-17H,2,5,7,9-10H2,1H3. The summed E-state index contributed by atoms with van der Waals surface area (Å²) in [6.07, 6.45) is 5.53. The molecule has 0 aromatic heterocycles. The quantitative estimate of drug-likeness (QED) is 0.877. The zero-order valence-electron chi connectivity index (χ0n) is 11.0. The highest BCUT2D eigenvalue weighted by atomic mass is 16.5. The molecule has 18 heavy (non-hydrogen) atoms. The van der Waals surface area contributed by atoms with Crippen LogP contribution in [-0.4, -0.2) is 19.2 Å². The molecule has 2 atom stereocenters. The molecule has 2 unspecified atom stereocenters. The molecule has 1 aromatic carbocycles. The summed E-state index contributed by atoms with van der Waals surface area (Å²) in [6.45, 7) is 4.08. The minimum Gasteiger partial charge on any atom is -0.501 e. The van der Waals surface area contributed by atoms with Crippen molar-refractivity contribution in [2.24, 2.45) is 0 Å². The van der Waals surface area contributed by atoms with Gasteiger partial charge >= 0.3 is 0 Å². The van der Waals surface area contributed by atoms with Crippen LogP contribution in [0.1, 0.15) is 36.8 Å². The molecule has 1 N–H and O–H groups in total. The molecule has 0 saturated heterocycles. The molecule has 2 nitrogen and oxygen atoms in total. The zero-order chi connectivity index (χ0) is 12.4. The fourth-order valence-electron chi connectivity index (χ4n) is 3.16. The number of likely N-dealkylation sites (N-methyl/N-ethyl adjacent to an activating group) is 1. The van der Waals surface area contributed by atoms with Crippen molar-refractivity contribution >= 4 is 0 Å². The van der Waals surface area contributed by atoms with E-state index in [-0.39, 0.29) is 0 Å². The Labute approximate surface area is 109 Å². The van der Waals surface area contributed by atoms with Gasteiger partial charge in [-0.2, -0.15) is 0 Å². The van der Waals surface area contributed by atoms with Gasteiger partial charge in [0.2, 0.25) is 0 Å². The molecular weight excluding hydrogens is 222 g/mol. The molecule has 0 spiro atoms. The topological polar surface area (TPSA) is 21.3 Å². The Morgan fingerprint density at radius 2 is 2.28 bits per heavy atom. The maximum atomic E-state index is 5.51. The number of benzene rings is 1. The third-order valence-electron chi connectivity index (χ3n) is 4.08. The third kappa shape index (κ3) is 2.05. The van der Waals surface area contributed by atoms with E-state index in [1.807, 2.05) is 6.26 Å². The van der Waals surface area contributed by atoms with Crippen LogP contribution in [0.15, 0.2) is 36.1 Å². The summed E-state index contributed by atoms with van der Waals surface area (Å²) in [7, 11) is 0. The monoisotopic (exact) mass is 243 g/mol. The first-order chi connectivity index (χ1) is 8.90. The Bertz CT molecular complexity index is 452. The fraction of sp³-hybridized carbons (Fsp3) is 0.500. The van der Waals surface area contributed by atoms with Gasteiger partial charge in [0.1, 0.15) is 0 Å². The van der Waals surface area contributed by atoms with Gasteiger partial charge < -0.3 is 10.1 Å². The average Bonchev–Trinajstić information content (AvgIpc) is 2.40. The van der Waals surface area contributed by atoms with Gasteiger partial charge in [0.25, 0.3) is 0 Å². The molecule has 2 aliphatic rings. The van der Waals surface area contributed by atoms with Gasteiger partial charge in [-0.1, -0.05) is 31.2 Å². The lowest BCUT2D eigenvalue weighted by molar-refractivity contribution is 0.216. The molecule has 1 heterocycles. The molecular formula is C16H21NO. The second-order valence-corrected chi connectivity index (χ2v) is 5.21. The van der Waals surface area contributed by atoms with Gasteiger partial charge in [-0.3, -0.25) is 0 Å². The second kappa shape index (κ2) is 5.15. The number of nitrogens with one attached hydrogen (secondary N) is 1. The van der Waals surface area contributed by atoms with Gasteiger partial charge in [0, 0.05) is 12.0 Å². The lowest BCUT2D eigenvalue weighted by atomic mass is 9.71. The minimum absolute atomic E-state index is 0.463. The van der Waals surface area contributed by atoms with E-state index in [0.29, 0.717) is 12.0 Å². The highest BCUT2D eigenvalue weighted by Gasteiger charge is 2.34. The van der Waals surface area contributed by atoms with E-state index in [0.717, 1.165) is 19.6 Å². The van der Waals surface area contributed by atoms with Crippen LogP contribution in [0.2, 0.25) is 0 Å². The first kappa shape index (κ1) is 11.8. The summed E-state index contributed by atoms with van der Waals surface area (Å²) in [6, 6.07) is 9.28. The first-order valence-corrected chi connectivity index (χ1v) is 7.02. The Kier molecular flexibility index (Phi) is 3.37. The molecule has 0 fully saturated rings. The molecule has 96 valence electrons. The van der Waals surface area contributed by atoms with Crippen molar-refractivity contribution < 1.29 is 4.74 Å². The van der Waals surface area contributed by atoms with Crippen molar-refractivity contribution in [3.63, 3.8) is 0 Å². The van der Waals surface area contributed by atoms with Crippen LogP contribution in [0.3, 0.4) is 0 Å². The summed E-state index contributed by atoms with van der Waals surface area (Å²) >= 11 is 0. The highest BCUT2D eigenvalue weighted by Crippen LogP contribution is 2.40. The van der Waals surface area contributed by atoms with Crippen LogP contribution in [0.5, 0.6) is 0 Å². The molecule has 0 amide bonds. The first-order valence-electron chi connectivity index (χ1n) is 7.02. The summed E-state index contributed by atoms with van der Waals surface area (Å²) in [5, 5.41) is 3.65. The maximum Gasteiger partial charge on any atom is 0.0876 e. The predicted octanol–water partition coefficient (Wildman–Crippen LogP) is 3.00. The highest BCUT2D eigenvalue weighted by molar-refractivity contribution is 5.43. The maximum absolute atomic E-state index is 5.51. The molecule has 1 aliphatic heterocycles. The van der Waals surface area contributed by atoms with Crippen molar-refractivity contribution in [3.8, 4) is 0 Å². The van der Waals surface area contributed by atoms with Gasteiger partial charge in [-0.25, -0.2) is 0 Å². The number of ether oxygens (including phenoxy) is 1. The largest absolute Gasteiger partial charge is 0.501 e. The molecule has 1 aliphatic carbocycles. The summed E-state index contributed by atoms with van der Waals surface area (Å²) in [5.41, 5.74) is 4.49. The number of hydrogen-bond donors (Lipinski definition) is 1. The third-order valence-corrected chi connectivity index (χ3v) is 4.08. The summed E-state index contributed by atoms with van der Waals surface area (Å²) in [4.78, 5) is 0. The van der Waals surface area contributed by atoms with E-state index in [1.54, 1.807) is 0 Å². The SMILES string of the molecule is CCNC(C1=COCCC1)C1Cc2ccccc21. The number of hydrogen-bond acceptors (Lipinski definition) is 2. The van der Waals surface area contributed by atoms with E-state index in [9.17, 15) is 0 Å². The average molecular weight is 243 g/mol. The predicted molar refractivity (Wildman–Crippen MR) is 73.6 cm³/mol. The van der Waals surface area contributed by atoms with Gasteiger partial charge in [0.15, 0.2) is 0 Å². The summed E-state index contributed by atoms with van der Waals surface area (Å²) < 4.78 is 5.51. The van der Waals surface area contributed by atoms with E-state index in [4.69, 9.17) is 4.74 Å². The van der Waals surface area contributed by atoms with Gasteiger partial charge in [-0.15, -0.1) is 0 Å². The normalized spacial score (nSPS) is 23.4.